The van der Waals surface area contributed by atoms with Gasteiger partial charge in [-0.1, -0.05) is 53.5 Å². The van der Waals surface area contributed by atoms with Crippen molar-refractivity contribution in [2.24, 2.45) is 0 Å². The van der Waals surface area contributed by atoms with Crippen LogP contribution in [0.25, 0.3) is 0 Å². The van der Waals surface area contributed by atoms with E-state index in [-0.39, 0.29) is 0 Å². The van der Waals surface area contributed by atoms with E-state index in [1.54, 1.807) is 0 Å². The minimum Gasteiger partial charge on any atom is -0.384 e. The molecule has 0 amide bonds. The highest BCUT2D eigenvalue weighted by Gasteiger charge is 2.57. The van der Waals surface area contributed by atoms with Crippen LogP contribution in [-0.2, 0) is 6.54 Å². The first-order chi connectivity index (χ1) is 9.51. The van der Waals surface area contributed by atoms with E-state index in [9.17, 15) is 5.11 Å². The molecular weight excluding hydrogens is 295 g/mol. The molecule has 1 aromatic rings. The van der Waals surface area contributed by atoms with E-state index in [0.717, 1.165) is 5.56 Å². The zero-order valence-corrected chi connectivity index (χ0v) is 12.9. The largest absolute Gasteiger partial charge is 0.384 e. The van der Waals surface area contributed by atoms with Gasteiger partial charge < -0.3 is 10.4 Å². The first-order valence-corrected chi connectivity index (χ1v) is 7.89. The van der Waals surface area contributed by atoms with Gasteiger partial charge in [0.2, 0.25) is 4.46 Å². The Bertz CT molecular complexity index is 464. The summed E-state index contributed by atoms with van der Waals surface area (Å²) >= 11 is 13.0. The lowest BCUT2D eigenvalue weighted by Crippen LogP contribution is -2.55. The molecule has 0 bridgehead atoms. The summed E-state index contributed by atoms with van der Waals surface area (Å²) in [4.78, 5) is 1.94. The SMILES string of the molecule is OC1(CNC2CC2)CCN(Cc2ccccc2)C1(Cl)Cl. The summed E-state index contributed by atoms with van der Waals surface area (Å²) in [6.45, 7) is 1.81. The van der Waals surface area contributed by atoms with Gasteiger partial charge in [0.15, 0.2) is 0 Å². The number of alkyl halides is 2. The molecular formula is C15H20Cl2N2O. The number of hydrogen-bond donors (Lipinski definition) is 2. The number of likely N-dealkylation sites (tertiary alicyclic amines) is 1. The summed E-state index contributed by atoms with van der Waals surface area (Å²) in [6.07, 6.45) is 2.95. The molecule has 1 aliphatic heterocycles. The fourth-order valence-corrected chi connectivity index (χ4v) is 3.29. The first-order valence-electron chi connectivity index (χ1n) is 7.14. The Morgan fingerprint density at radius 1 is 1.25 bits per heavy atom. The lowest BCUT2D eigenvalue weighted by atomic mass is 10.0. The normalized spacial score (nSPS) is 29.8. The smallest absolute Gasteiger partial charge is 0.201 e. The fourth-order valence-electron chi connectivity index (χ4n) is 2.68. The molecule has 1 heterocycles. The van der Waals surface area contributed by atoms with Gasteiger partial charge in [-0.3, -0.25) is 4.90 Å². The van der Waals surface area contributed by atoms with Crippen molar-refractivity contribution in [3.63, 3.8) is 0 Å². The highest BCUT2D eigenvalue weighted by molar-refractivity contribution is 6.49. The molecule has 0 radical (unpaired) electrons. The molecule has 1 unspecified atom stereocenters. The Morgan fingerprint density at radius 2 is 1.95 bits per heavy atom. The van der Waals surface area contributed by atoms with Crippen molar-refractivity contribution < 1.29 is 5.11 Å². The van der Waals surface area contributed by atoms with E-state index in [0.29, 0.717) is 32.1 Å². The van der Waals surface area contributed by atoms with Crippen LogP contribution in [0.3, 0.4) is 0 Å². The predicted octanol–water partition coefficient (Wildman–Crippen LogP) is 2.51. The van der Waals surface area contributed by atoms with E-state index >= 15 is 0 Å². The molecule has 20 heavy (non-hydrogen) atoms. The van der Waals surface area contributed by atoms with Gasteiger partial charge in [-0.05, 0) is 24.8 Å². The van der Waals surface area contributed by atoms with Gasteiger partial charge in [0.25, 0.3) is 0 Å². The zero-order valence-electron chi connectivity index (χ0n) is 11.4. The van der Waals surface area contributed by atoms with E-state index in [1.807, 2.05) is 35.2 Å². The average Bonchev–Trinajstić information content (AvgIpc) is 3.22. The van der Waals surface area contributed by atoms with Gasteiger partial charge in [-0.25, -0.2) is 0 Å². The predicted molar refractivity (Wildman–Crippen MR) is 81.9 cm³/mol. The fraction of sp³-hybridized carbons (Fsp3) is 0.600. The molecule has 2 aliphatic rings. The third-order valence-corrected chi connectivity index (χ3v) is 5.41. The monoisotopic (exact) mass is 314 g/mol. The summed E-state index contributed by atoms with van der Waals surface area (Å²) in [5.41, 5.74) is 0.0607. The Labute approximate surface area is 129 Å². The second kappa shape index (κ2) is 5.47. The second-order valence-corrected chi connectivity index (χ2v) is 7.17. The number of rotatable bonds is 5. The van der Waals surface area contributed by atoms with Crippen molar-refractivity contribution in [2.45, 2.75) is 41.9 Å². The van der Waals surface area contributed by atoms with Crippen LogP contribution in [0.15, 0.2) is 30.3 Å². The lowest BCUT2D eigenvalue weighted by molar-refractivity contribution is 0.0159. The van der Waals surface area contributed by atoms with Crippen molar-refractivity contribution >= 4 is 23.2 Å². The highest BCUT2D eigenvalue weighted by Crippen LogP contribution is 2.46. The third-order valence-electron chi connectivity index (χ3n) is 4.23. The van der Waals surface area contributed by atoms with Crippen LogP contribution in [0.4, 0.5) is 0 Å². The van der Waals surface area contributed by atoms with Crippen LogP contribution in [0, 0.1) is 0 Å². The van der Waals surface area contributed by atoms with Crippen LogP contribution in [-0.4, -0.2) is 39.2 Å². The number of hydrogen-bond acceptors (Lipinski definition) is 3. The maximum Gasteiger partial charge on any atom is 0.201 e. The molecule has 3 nitrogen and oxygen atoms in total. The Balaban J connectivity index is 1.67. The van der Waals surface area contributed by atoms with Crippen LogP contribution >= 0.6 is 23.2 Å². The summed E-state index contributed by atoms with van der Waals surface area (Å²) in [6, 6.07) is 10.6. The van der Waals surface area contributed by atoms with Gasteiger partial charge in [-0.2, -0.15) is 0 Å². The molecule has 1 aliphatic carbocycles. The van der Waals surface area contributed by atoms with Crippen molar-refractivity contribution in [1.82, 2.24) is 10.2 Å². The number of benzene rings is 1. The molecule has 2 N–H and O–H groups in total. The lowest BCUT2D eigenvalue weighted by Gasteiger charge is -2.37. The quantitative estimate of drug-likeness (QED) is 0.647. The second-order valence-electron chi connectivity index (χ2n) is 5.89. The summed E-state index contributed by atoms with van der Waals surface area (Å²) in [5, 5.41) is 14.1. The Morgan fingerprint density at radius 3 is 2.60 bits per heavy atom. The molecule has 0 spiro atoms. The molecule has 5 heteroatoms. The van der Waals surface area contributed by atoms with Crippen LogP contribution in [0.2, 0.25) is 0 Å². The van der Waals surface area contributed by atoms with Crippen molar-refractivity contribution in [2.75, 3.05) is 13.1 Å². The van der Waals surface area contributed by atoms with Gasteiger partial charge in [-0.15, -0.1) is 0 Å². The molecule has 1 saturated heterocycles. The molecule has 1 atom stereocenters. The van der Waals surface area contributed by atoms with E-state index < -0.39 is 10.1 Å². The molecule has 2 fully saturated rings. The van der Waals surface area contributed by atoms with Crippen molar-refractivity contribution in [3.05, 3.63) is 35.9 Å². The topological polar surface area (TPSA) is 35.5 Å². The average molecular weight is 315 g/mol. The molecule has 1 saturated carbocycles. The summed E-state index contributed by atoms with van der Waals surface area (Å²) in [5.74, 6) is 0. The number of nitrogens with zero attached hydrogens (tertiary/aromatic N) is 1. The highest BCUT2D eigenvalue weighted by atomic mass is 35.5. The van der Waals surface area contributed by atoms with Crippen LogP contribution < -0.4 is 5.32 Å². The van der Waals surface area contributed by atoms with E-state index in [4.69, 9.17) is 23.2 Å². The summed E-state index contributed by atoms with van der Waals surface area (Å²) in [7, 11) is 0. The number of nitrogens with one attached hydrogen (secondary N) is 1. The van der Waals surface area contributed by atoms with Gasteiger partial charge in [0, 0.05) is 25.7 Å². The number of halogens is 2. The van der Waals surface area contributed by atoms with Gasteiger partial charge in [0.05, 0.1) is 0 Å². The maximum absolute atomic E-state index is 10.8. The van der Waals surface area contributed by atoms with Gasteiger partial charge in [0.1, 0.15) is 5.60 Å². The Kier molecular flexibility index (Phi) is 3.99. The standard InChI is InChI=1S/C15H20Cl2N2O/c16-15(17)14(20,11-18-13-6-7-13)8-9-19(15)10-12-4-2-1-3-5-12/h1-5,13,18,20H,6-11H2. The minimum absolute atomic E-state index is 0.454. The van der Waals surface area contributed by atoms with Crippen LogP contribution in [0.1, 0.15) is 24.8 Å². The maximum atomic E-state index is 10.8. The molecule has 0 aromatic heterocycles. The zero-order chi connectivity index (χ0) is 14.2. The van der Waals surface area contributed by atoms with E-state index in [2.05, 4.69) is 5.32 Å². The van der Waals surface area contributed by atoms with E-state index in [1.165, 1.54) is 12.8 Å². The molecule has 110 valence electrons. The summed E-state index contributed by atoms with van der Waals surface area (Å²) < 4.78 is -1.25. The third kappa shape index (κ3) is 2.83. The number of aliphatic hydroxyl groups is 1. The van der Waals surface area contributed by atoms with Crippen molar-refractivity contribution in [3.8, 4) is 0 Å². The van der Waals surface area contributed by atoms with Crippen molar-refractivity contribution in [1.29, 1.82) is 0 Å². The minimum atomic E-state index is -1.25. The van der Waals surface area contributed by atoms with Crippen LogP contribution in [0.5, 0.6) is 0 Å². The Hall–Kier alpha value is -0.320. The molecule has 1 aromatic carbocycles. The molecule has 3 rings (SSSR count). The van der Waals surface area contributed by atoms with Gasteiger partial charge >= 0.3 is 0 Å². The first kappa shape index (κ1) is 14.6.